The van der Waals surface area contributed by atoms with Gasteiger partial charge in [-0.05, 0) is 12.5 Å². The molecular formula is C12H17FN2O2. The number of ether oxygens (including phenoxy) is 1. The van der Waals surface area contributed by atoms with E-state index in [1.807, 2.05) is 11.8 Å². The molecule has 1 aliphatic heterocycles. The monoisotopic (exact) mass is 240 g/mol. The lowest BCUT2D eigenvalue weighted by Crippen LogP contribution is -2.43. The summed E-state index contributed by atoms with van der Waals surface area (Å²) in [5, 5.41) is 9.03. The molecular weight excluding hydrogens is 223 g/mol. The molecule has 0 bridgehead atoms. The van der Waals surface area contributed by atoms with Crippen LogP contribution in [0.15, 0.2) is 12.3 Å². The van der Waals surface area contributed by atoms with Crippen molar-refractivity contribution < 1.29 is 14.2 Å². The Balaban J connectivity index is 2.21. The largest absolute Gasteiger partial charge is 0.392 e. The summed E-state index contributed by atoms with van der Waals surface area (Å²) >= 11 is 0. The molecule has 1 fully saturated rings. The number of morpholine rings is 1. The molecule has 1 N–H and O–H groups in total. The zero-order valence-corrected chi connectivity index (χ0v) is 9.90. The number of nitrogens with zero attached hydrogens (tertiary/aromatic N) is 2. The summed E-state index contributed by atoms with van der Waals surface area (Å²) in [6.45, 7) is 3.61. The van der Waals surface area contributed by atoms with Crippen LogP contribution in [-0.4, -0.2) is 35.9 Å². The highest BCUT2D eigenvalue weighted by Gasteiger charge is 2.23. The van der Waals surface area contributed by atoms with Gasteiger partial charge in [-0.1, -0.05) is 6.92 Å². The highest BCUT2D eigenvalue weighted by molar-refractivity contribution is 5.43. The standard InChI is InChI=1S/C12H17FN2O2/c1-2-10-7-15(5-6-17-10)12-11(13)9(8-16)3-4-14-12/h3-4,10,16H,2,5-8H2,1H3. The van der Waals surface area contributed by atoms with Crippen molar-refractivity contribution in [2.24, 2.45) is 0 Å². The molecule has 0 spiro atoms. The summed E-state index contributed by atoms with van der Waals surface area (Å²) in [4.78, 5) is 5.94. The Morgan fingerprint density at radius 2 is 2.47 bits per heavy atom. The number of hydrogen-bond donors (Lipinski definition) is 1. The third kappa shape index (κ3) is 2.56. The van der Waals surface area contributed by atoms with Gasteiger partial charge < -0.3 is 14.7 Å². The molecule has 2 rings (SSSR count). The number of aliphatic hydroxyl groups excluding tert-OH is 1. The zero-order chi connectivity index (χ0) is 12.3. The van der Waals surface area contributed by atoms with Crippen LogP contribution in [-0.2, 0) is 11.3 Å². The lowest BCUT2D eigenvalue weighted by atomic mass is 10.2. The van der Waals surface area contributed by atoms with E-state index in [0.29, 0.717) is 25.5 Å². The van der Waals surface area contributed by atoms with E-state index in [1.54, 1.807) is 0 Å². The van der Waals surface area contributed by atoms with E-state index < -0.39 is 5.82 Å². The van der Waals surface area contributed by atoms with Crippen LogP contribution in [0.1, 0.15) is 18.9 Å². The summed E-state index contributed by atoms with van der Waals surface area (Å²) in [7, 11) is 0. The van der Waals surface area contributed by atoms with Crippen molar-refractivity contribution in [3.8, 4) is 0 Å². The summed E-state index contributed by atoms with van der Waals surface area (Å²) in [5.41, 5.74) is 0.287. The summed E-state index contributed by atoms with van der Waals surface area (Å²) in [5.74, 6) is -0.106. The van der Waals surface area contributed by atoms with E-state index in [-0.39, 0.29) is 18.3 Å². The minimum absolute atomic E-state index is 0.128. The van der Waals surface area contributed by atoms with E-state index in [2.05, 4.69) is 4.98 Å². The average Bonchev–Trinajstić information content (AvgIpc) is 2.39. The molecule has 17 heavy (non-hydrogen) atoms. The number of halogens is 1. The summed E-state index contributed by atoms with van der Waals surface area (Å²) in [6, 6.07) is 1.50. The van der Waals surface area contributed by atoms with Crippen LogP contribution in [0, 0.1) is 5.82 Å². The first-order chi connectivity index (χ1) is 8.26. The number of aliphatic hydroxyl groups is 1. The van der Waals surface area contributed by atoms with Crippen LogP contribution >= 0.6 is 0 Å². The quantitative estimate of drug-likeness (QED) is 0.865. The maximum atomic E-state index is 14.0. The van der Waals surface area contributed by atoms with Gasteiger partial charge in [-0.3, -0.25) is 0 Å². The van der Waals surface area contributed by atoms with E-state index in [4.69, 9.17) is 9.84 Å². The minimum atomic E-state index is -0.424. The second-order valence-corrected chi connectivity index (χ2v) is 4.11. The van der Waals surface area contributed by atoms with Gasteiger partial charge in [0, 0.05) is 24.8 Å². The normalized spacial score (nSPS) is 20.6. The molecule has 0 saturated carbocycles. The zero-order valence-electron chi connectivity index (χ0n) is 9.90. The van der Waals surface area contributed by atoms with Crippen LogP contribution in [0.3, 0.4) is 0 Å². The molecule has 5 heteroatoms. The fraction of sp³-hybridized carbons (Fsp3) is 0.583. The van der Waals surface area contributed by atoms with E-state index in [1.165, 1.54) is 12.3 Å². The molecule has 0 aromatic carbocycles. The van der Waals surface area contributed by atoms with Crippen molar-refractivity contribution in [1.82, 2.24) is 4.98 Å². The van der Waals surface area contributed by atoms with Crippen LogP contribution < -0.4 is 4.90 Å². The second kappa shape index (κ2) is 5.42. The fourth-order valence-electron chi connectivity index (χ4n) is 1.97. The first-order valence-corrected chi connectivity index (χ1v) is 5.87. The highest BCUT2D eigenvalue weighted by atomic mass is 19.1. The van der Waals surface area contributed by atoms with Gasteiger partial charge in [-0.15, -0.1) is 0 Å². The third-order valence-electron chi connectivity index (χ3n) is 3.01. The van der Waals surface area contributed by atoms with Crippen molar-refractivity contribution in [1.29, 1.82) is 0 Å². The first-order valence-electron chi connectivity index (χ1n) is 5.87. The number of rotatable bonds is 3. The second-order valence-electron chi connectivity index (χ2n) is 4.11. The molecule has 94 valence electrons. The Bertz CT molecular complexity index is 387. The smallest absolute Gasteiger partial charge is 0.171 e. The maximum absolute atomic E-state index is 14.0. The lowest BCUT2D eigenvalue weighted by molar-refractivity contribution is 0.0379. The minimum Gasteiger partial charge on any atom is -0.392 e. The lowest BCUT2D eigenvalue weighted by Gasteiger charge is -2.33. The highest BCUT2D eigenvalue weighted by Crippen LogP contribution is 2.22. The van der Waals surface area contributed by atoms with Gasteiger partial charge in [-0.2, -0.15) is 0 Å². The molecule has 1 aromatic rings. The van der Waals surface area contributed by atoms with Crippen molar-refractivity contribution in [2.45, 2.75) is 26.1 Å². The molecule has 1 atom stereocenters. The van der Waals surface area contributed by atoms with Gasteiger partial charge in [0.15, 0.2) is 11.6 Å². The summed E-state index contributed by atoms with van der Waals surface area (Å²) in [6.07, 6.45) is 2.56. The van der Waals surface area contributed by atoms with E-state index >= 15 is 0 Å². The Labute approximate surface area is 100 Å². The topological polar surface area (TPSA) is 45.6 Å². The molecule has 4 nitrogen and oxygen atoms in total. The molecule has 0 radical (unpaired) electrons. The predicted octanol–water partition coefficient (Wildman–Crippen LogP) is 1.33. The fourth-order valence-corrected chi connectivity index (χ4v) is 1.97. The Hall–Kier alpha value is -1.20. The molecule has 1 aliphatic rings. The van der Waals surface area contributed by atoms with Crippen molar-refractivity contribution in [3.63, 3.8) is 0 Å². The Morgan fingerprint density at radius 1 is 1.65 bits per heavy atom. The molecule has 2 heterocycles. The number of aromatic nitrogens is 1. The number of hydrogen-bond acceptors (Lipinski definition) is 4. The molecule has 1 saturated heterocycles. The van der Waals surface area contributed by atoms with Crippen LogP contribution in [0.4, 0.5) is 10.2 Å². The van der Waals surface area contributed by atoms with E-state index in [0.717, 1.165) is 6.42 Å². The molecule has 0 aliphatic carbocycles. The summed E-state index contributed by atoms with van der Waals surface area (Å²) < 4.78 is 19.5. The first kappa shape index (κ1) is 12.3. The van der Waals surface area contributed by atoms with Crippen LogP contribution in [0.5, 0.6) is 0 Å². The van der Waals surface area contributed by atoms with Gasteiger partial charge in [0.25, 0.3) is 0 Å². The maximum Gasteiger partial charge on any atom is 0.171 e. The van der Waals surface area contributed by atoms with Crippen LogP contribution in [0.2, 0.25) is 0 Å². The van der Waals surface area contributed by atoms with Crippen molar-refractivity contribution in [3.05, 3.63) is 23.6 Å². The predicted molar refractivity (Wildman–Crippen MR) is 62.4 cm³/mol. The molecule has 1 aromatic heterocycles. The van der Waals surface area contributed by atoms with E-state index in [9.17, 15) is 4.39 Å². The number of pyridine rings is 1. The van der Waals surface area contributed by atoms with Gasteiger partial charge in [0.1, 0.15) is 0 Å². The van der Waals surface area contributed by atoms with Gasteiger partial charge in [0.2, 0.25) is 0 Å². The number of anilines is 1. The molecule has 0 amide bonds. The SMILES string of the molecule is CCC1CN(c2nccc(CO)c2F)CCO1. The average molecular weight is 240 g/mol. The van der Waals surface area contributed by atoms with Gasteiger partial charge >= 0.3 is 0 Å². The third-order valence-corrected chi connectivity index (χ3v) is 3.01. The van der Waals surface area contributed by atoms with Crippen molar-refractivity contribution >= 4 is 5.82 Å². The Morgan fingerprint density at radius 3 is 3.18 bits per heavy atom. The van der Waals surface area contributed by atoms with Gasteiger partial charge in [-0.25, -0.2) is 9.37 Å². The van der Waals surface area contributed by atoms with Gasteiger partial charge in [0.05, 0.1) is 19.3 Å². The van der Waals surface area contributed by atoms with Crippen LogP contribution in [0.25, 0.3) is 0 Å². The Kier molecular flexibility index (Phi) is 3.91. The molecule has 1 unspecified atom stereocenters. The van der Waals surface area contributed by atoms with Crippen molar-refractivity contribution in [2.75, 3.05) is 24.6 Å².